The number of nitro groups is 1. The summed E-state index contributed by atoms with van der Waals surface area (Å²) in [5.41, 5.74) is 4.13. The smallest absolute Gasteiger partial charge is 0.260 e. The number of hydrogen-bond donors (Lipinski definition) is 1. The molecule has 0 aliphatic heterocycles. The van der Waals surface area contributed by atoms with Crippen molar-refractivity contribution in [1.29, 1.82) is 0 Å². The summed E-state index contributed by atoms with van der Waals surface area (Å²) >= 11 is 3.33. The van der Waals surface area contributed by atoms with Crippen LogP contribution >= 0.6 is 15.9 Å². The standard InChI is InChI=1S/C12H9BrN4O2/c13-9-1-3-10(4-2-9)14-16-15-11-5-7-12(8-6-11)17(18)19/h1-8H,(H,14,15). The van der Waals surface area contributed by atoms with E-state index < -0.39 is 4.92 Å². The van der Waals surface area contributed by atoms with E-state index in [2.05, 4.69) is 31.7 Å². The van der Waals surface area contributed by atoms with Gasteiger partial charge in [-0.15, -0.1) is 5.11 Å². The summed E-state index contributed by atoms with van der Waals surface area (Å²) in [5.74, 6) is 0. The minimum atomic E-state index is -0.457. The van der Waals surface area contributed by atoms with Crippen LogP contribution in [-0.2, 0) is 0 Å². The molecule has 2 aromatic carbocycles. The molecule has 0 aromatic heterocycles. The molecular formula is C12H9BrN4O2. The summed E-state index contributed by atoms with van der Waals surface area (Å²) in [6.45, 7) is 0. The quantitative estimate of drug-likeness (QED) is 0.512. The summed E-state index contributed by atoms with van der Waals surface area (Å²) < 4.78 is 0.977. The summed E-state index contributed by atoms with van der Waals surface area (Å²) in [5, 5.41) is 18.2. The second kappa shape index (κ2) is 6.05. The van der Waals surface area contributed by atoms with E-state index in [1.54, 1.807) is 0 Å². The molecule has 0 fully saturated rings. The Kier molecular flexibility index (Phi) is 4.19. The Hall–Kier alpha value is -2.28. The third kappa shape index (κ3) is 3.85. The first kappa shape index (κ1) is 13.2. The van der Waals surface area contributed by atoms with Crippen molar-refractivity contribution in [1.82, 2.24) is 0 Å². The van der Waals surface area contributed by atoms with Crippen LogP contribution in [0.2, 0.25) is 0 Å². The number of nitrogens with zero attached hydrogens (tertiary/aromatic N) is 3. The fraction of sp³-hybridized carbons (Fsp3) is 0. The number of hydrogen-bond acceptors (Lipinski definition) is 4. The highest BCUT2D eigenvalue weighted by molar-refractivity contribution is 9.10. The third-order valence-corrected chi connectivity index (χ3v) is 2.78. The van der Waals surface area contributed by atoms with Gasteiger partial charge in [-0.2, -0.15) is 0 Å². The predicted octanol–water partition coefficient (Wildman–Crippen LogP) is 4.47. The van der Waals surface area contributed by atoms with Gasteiger partial charge in [-0.25, -0.2) is 0 Å². The molecule has 0 radical (unpaired) electrons. The van der Waals surface area contributed by atoms with Gasteiger partial charge in [0.1, 0.15) is 0 Å². The van der Waals surface area contributed by atoms with Crippen LogP contribution in [0.3, 0.4) is 0 Å². The summed E-state index contributed by atoms with van der Waals surface area (Å²) in [4.78, 5) is 10.0. The molecule has 2 aromatic rings. The first-order valence-electron chi connectivity index (χ1n) is 5.32. The highest BCUT2D eigenvalue weighted by atomic mass is 79.9. The minimum Gasteiger partial charge on any atom is -0.260 e. The highest BCUT2D eigenvalue weighted by Gasteiger charge is 2.02. The maximum absolute atomic E-state index is 10.5. The maximum Gasteiger partial charge on any atom is 0.269 e. The van der Waals surface area contributed by atoms with E-state index in [4.69, 9.17) is 0 Å². The van der Waals surface area contributed by atoms with Gasteiger partial charge in [0.05, 0.1) is 16.3 Å². The van der Waals surface area contributed by atoms with E-state index in [0.717, 1.165) is 10.2 Å². The molecule has 0 amide bonds. The van der Waals surface area contributed by atoms with E-state index >= 15 is 0 Å². The van der Waals surface area contributed by atoms with Crippen LogP contribution in [0.5, 0.6) is 0 Å². The van der Waals surface area contributed by atoms with Crippen LogP contribution in [0.4, 0.5) is 17.1 Å². The Morgan fingerprint density at radius 3 is 2.26 bits per heavy atom. The molecule has 96 valence electrons. The Bertz CT molecular complexity index is 596. The molecule has 7 heteroatoms. The van der Waals surface area contributed by atoms with Crippen molar-refractivity contribution >= 4 is 33.0 Å². The van der Waals surface area contributed by atoms with Gasteiger partial charge in [0.15, 0.2) is 0 Å². The van der Waals surface area contributed by atoms with Crippen LogP contribution < -0.4 is 5.43 Å². The lowest BCUT2D eigenvalue weighted by Gasteiger charge is -1.98. The number of rotatable bonds is 4. The minimum absolute atomic E-state index is 0.0276. The van der Waals surface area contributed by atoms with Gasteiger partial charge in [-0.3, -0.25) is 15.5 Å². The average molecular weight is 321 g/mol. The van der Waals surface area contributed by atoms with Gasteiger partial charge in [0.25, 0.3) is 5.69 Å². The SMILES string of the molecule is O=[N+]([O-])c1ccc(N=NNc2ccc(Br)cc2)cc1. The van der Waals surface area contributed by atoms with Crippen LogP contribution in [0.15, 0.2) is 63.3 Å². The molecular weight excluding hydrogens is 312 g/mol. The first-order chi connectivity index (χ1) is 9.15. The van der Waals surface area contributed by atoms with Crippen molar-refractivity contribution in [2.45, 2.75) is 0 Å². The molecule has 0 aliphatic carbocycles. The monoisotopic (exact) mass is 320 g/mol. The molecule has 0 bridgehead atoms. The largest absolute Gasteiger partial charge is 0.269 e. The summed E-state index contributed by atoms with van der Waals surface area (Å²) in [6, 6.07) is 13.3. The van der Waals surface area contributed by atoms with Crippen LogP contribution in [-0.4, -0.2) is 4.92 Å². The highest BCUT2D eigenvalue weighted by Crippen LogP contribution is 2.19. The fourth-order valence-electron chi connectivity index (χ4n) is 1.31. The Labute approximate surface area is 117 Å². The van der Waals surface area contributed by atoms with Crippen LogP contribution in [0.1, 0.15) is 0 Å². The number of nitrogens with one attached hydrogen (secondary N) is 1. The number of halogens is 1. The van der Waals surface area contributed by atoms with Gasteiger partial charge in [-0.1, -0.05) is 21.2 Å². The molecule has 6 nitrogen and oxygen atoms in total. The van der Waals surface area contributed by atoms with Gasteiger partial charge < -0.3 is 0 Å². The lowest BCUT2D eigenvalue weighted by molar-refractivity contribution is -0.384. The van der Waals surface area contributed by atoms with Gasteiger partial charge in [0, 0.05) is 16.6 Å². The zero-order chi connectivity index (χ0) is 13.7. The normalized spacial score (nSPS) is 10.6. The Balaban J connectivity index is 1.98. The van der Waals surface area contributed by atoms with Crippen molar-refractivity contribution in [3.8, 4) is 0 Å². The number of benzene rings is 2. The first-order valence-corrected chi connectivity index (χ1v) is 6.11. The lowest BCUT2D eigenvalue weighted by Crippen LogP contribution is -1.86. The summed E-state index contributed by atoms with van der Waals surface area (Å²) in [6.07, 6.45) is 0. The van der Waals surface area contributed by atoms with Crippen molar-refractivity contribution in [2.24, 2.45) is 10.3 Å². The van der Waals surface area contributed by atoms with E-state index in [-0.39, 0.29) is 5.69 Å². The Morgan fingerprint density at radius 2 is 1.68 bits per heavy atom. The van der Waals surface area contributed by atoms with Crippen molar-refractivity contribution < 1.29 is 4.92 Å². The molecule has 2 rings (SSSR count). The maximum atomic E-state index is 10.5. The van der Waals surface area contributed by atoms with Crippen molar-refractivity contribution in [3.63, 3.8) is 0 Å². The van der Waals surface area contributed by atoms with Crippen LogP contribution in [0, 0.1) is 10.1 Å². The molecule has 0 aliphatic rings. The molecule has 0 atom stereocenters. The molecule has 0 unspecified atom stereocenters. The second-order valence-corrected chi connectivity index (χ2v) is 4.51. The molecule has 0 saturated heterocycles. The number of anilines is 1. The third-order valence-electron chi connectivity index (χ3n) is 2.25. The second-order valence-electron chi connectivity index (χ2n) is 3.59. The van der Waals surface area contributed by atoms with Crippen molar-refractivity contribution in [2.75, 3.05) is 5.43 Å². The van der Waals surface area contributed by atoms with Crippen LogP contribution in [0.25, 0.3) is 0 Å². The summed E-state index contributed by atoms with van der Waals surface area (Å²) in [7, 11) is 0. The van der Waals surface area contributed by atoms with E-state index in [0.29, 0.717) is 5.69 Å². The topological polar surface area (TPSA) is 79.9 Å². The van der Waals surface area contributed by atoms with Gasteiger partial charge in [0.2, 0.25) is 0 Å². The van der Waals surface area contributed by atoms with E-state index in [1.807, 2.05) is 24.3 Å². The average Bonchev–Trinajstić information content (AvgIpc) is 2.41. The van der Waals surface area contributed by atoms with Gasteiger partial charge >= 0.3 is 0 Å². The number of non-ortho nitro benzene ring substituents is 1. The zero-order valence-electron chi connectivity index (χ0n) is 9.65. The molecule has 0 saturated carbocycles. The molecule has 0 heterocycles. The van der Waals surface area contributed by atoms with Crippen molar-refractivity contribution in [3.05, 3.63) is 63.1 Å². The van der Waals surface area contributed by atoms with E-state index in [1.165, 1.54) is 24.3 Å². The fourth-order valence-corrected chi connectivity index (χ4v) is 1.57. The Morgan fingerprint density at radius 1 is 1.05 bits per heavy atom. The molecule has 19 heavy (non-hydrogen) atoms. The predicted molar refractivity (Wildman–Crippen MR) is 75.4 cm³/mol. The number of nitro benzene ring substituents is 1. The van der Waals surface area contributed by atoms with E-state index in [9.17, 15) is 10.1 Å². The molecule has 1 N–H and O–H groups in total. The zero-order valence-corrected chi connectivity index (χ0v) is 11.2. The lowest BCUT2D eigenvalue weighted by atomic mass is 10.3. The molecule has 0 spiro atoms. The van der Waals surface area contributed by atoms with Gasteiger partial charge in [-0.05, 0) is 36.4 Å².